The summed E-state index contributed by atoms with van der Waals surface area (Å²) in [6.45, 7) is 0.152. The van der Waals surface area contributed by atoms with Gasteiger partial charge < -0.3 is 4.74 Å². The SMILES string of the molecule is CN1C(=O)[C@@]23[C@@H]4C=C[C@@H](C4)[C@]2(C1=O)[C@H]1c2ccccc2[C@@H]3N1C(=O)OCc1ccccc1. The first kappa shape index (κ1) is 18.2. The van der Waals surface area contributed by atoms with Crippen LogP contribution in [0.15, 0.2) is 66.7 Å². The minimum Gasteiger partial charge on any atom is -0.445 e. The molecule has 160 valence electrons. The Morgan fingerprint density at radius 2 is 1.44 bits per heavy atom. The third kappa shape index (κ3) is 1.65. The first-order valence-corrected chi connectivity index (χ1v) is 11.1. The van der Waals surface area contributed by atoms with Gasteiger partial charge in [0.15, 0.2) is 0 Å². The molecule has 5 aliphatic rings. The van der Waals surface area contributed by atoms with Gasteiger partial charge in [-0.3, -0.25) is 19.4 Å². The largest absolute Gasteiger partial charge is 0.445 e. The molecule has 0 spiro atoms. The van der Waals surface area contributed by atoms with Crippen LogP contribution in [-0.2, 0) is 20.9 Å². The van der Waals surface area contributed by atoms with Gasteiger partial charge in [0.2, 0.25) is 11.8 Å². The van der Waals surface area contributed by atoms with Crippen molar-refractivity contribution >= 4 is 17.9 Å². The summed E-state index contributed by atoms with van der Waals surface area (Å²) in [6, 6.07) is 16.5. The lowest BCUT2D eigenvalue weighted by Gasteiger charge is -2.44. The van der Waals surface area contributed by atoms with Crippen molar-refractivity contribution in [3.8, 4) is 0 Å². The van der Waals surface area contributed by atoms with Crippen LogP contribution in [0.3, 0.4) is 0 Å². The number of likely N-dealkylation sites (tertiary alicyclic amines) is 1. The van der Waals surface area contributed by atoms with E-state index in [0.717, 1.165) is 23.1 Å². The van der Waals surface area contributed by atoms with Crippen LogP contribution < -0.4 is 0 Å². The number of carbonyl (C=O) groups excluding carboxylic acids is 3. The highest BCUT2D eigenvalue weighted by Gasteiger charge is 2.90. The summed E-state index contributed by atoms with van der Waals surface area (Å²) in [7, 11) is 1.60. The van der Waals surface area contributed by atoms with E-state index in [1.165, 1.54) is 4.90 Å². The summed E-state index contributed by atoms with van der Waals surface area (Å²) in [6.07, 6.45) is 4.53. The number of imide groups is 1. The molecule has 0 aromatic heterocycles. The van der Waals surface area contributed by atoms with Gasteiger partial charge in [-0.15, -0.1) is 0 Å². The smallest absolute Gasteiger partial charge is 0.411 e. The third-order valence-electron chi connectivity index (χ3n) is 8.67. The van der Waals surface area contributed by atoms with Crippen LogP contribution in [0.2, 0.25) is 0 Å². The fraction of sp³-hybridized carbons (Fsp3) is 0.346. The number of allylic oxidation sites excluding steroid dienone is 2. The molecule has 2 aromatic carbocycles. The number of benzene rings is 2. The Bertz CT molecular complexity index is 1170. The molecule has 32 heavy (non-hydrogen) atoms. The van der Waals surface area contributed by atoms with E-state index in [-0.39, 0.29) is 30.3 Å². The van der Waals surface area contributed by atoms with Gasteiger partial charge in [0.05, 0.1) is 22.9 Å². The zero-order chi connectivity index (χ0) is 21.8. The van der Waals surface area contributed by atoms with Gasteiger partial charge in [-0.25, -0.2) is 4.79 Å². The molecule has 4 bridgehead atoms. The topological polar surface area (TPSA) is 66.9 Å². The van der Waals surface area contributed by atoms with E-state index in [9.17, 15) is 14.4 Å². The van der Waals surface area contributed by atoms with Gasteiger partial charge in [-0.05, 0) is 34.9 Å². The normalized spacial score (nSPS) is 37.2. The van der Waals surface area contributed by atoms with Crippen LogP contribution in [0.4, 0.5) is 4.79 Å². The lowest BCUT2D eigenvalue weighted by molar-refractivity contribution is -0.143. The predicted octanol–water partition coefficient (Wildman–Crippen LogP) is 3.61. The van der Waals surface area contributed by atoms with Crippen molar-refractivity contribution in [3.05, 3.63) is 83.4 Å². The summed E-state index contributed by atoms with van der Waals surface area (Å²) < 4.78 is 5.77. The van der Waals surface area contributed by atoms with Crippen molar-refractivity contribution in [1.29, 1.82) is 0 Å². The average Bonchev–Trinajstić information content (AvgIpc) is 3.59. The number of amides is 3. The third-order valence-corrected chi connectivity index (χ3v) is 8.67. The standard InChI is InChI=1S/C26H22N2O4/c1-27-22(29)25-16-11-12-17(13-16)26(25,23(27)30)21-19-10-6-5-9-18(19)20(25)28(21)24(31)32-14-15-7-3-2-4-8-15/h2-12,16-17,20-21H,13-14H2,1H3/t16-,17+,20+,21-,25+,26-. The highest BCUT2D eigenvalue weighted by Crippen LogP contribution is 2.84. The Labute approximate surface area is 185 Å². The Morgan fingerprint density at radius 1 is 0.906 bits per heavy atom. The molecule has 1 saturated carbocycles. The van der Waals surface area contributed by atoms with Gasteiger partial charge >= 0.3 is 6.09 Å². The van der Waals surface area contributed by atoms with E-state index in [0.29, 0.717) is 0 Å². The van der Waals surface area contributed by atoms with Gasteiger partial charge in [0, 0.05) is 7.05 Å². The molecular weight excluding hydrogens is 404 g/mol. The predicted molar refractivity (Wildman–Crippen MR) is 114 cm³/mol. The summed E-state index contributed by atoms with van der Waals surface area (Å²) in [5, 5.41) is 0. The molecule has 2 aliphatic carbocycles. The van der Waals surface area contributed by atoms with Gasteiger partial charge in [0.25, 0.3) is 0 Å². The lowest BCUT2D eigenvalue weighted by Crippen LogP contribution is -2.50. The maximum Gasteiger partial charge on any atom is 0.411 e. The van der Waals surface area contributed by atoms with E-state index in [4.69, 9.17) is 4.74 Å². The second-order valence-electron chi connectivity index (χ2n) is 9.62. The first-order chi connectivity index (χ1) is 15.5. The molecule has 3 amide bonds. The molecule has 0 unspecified atom stereocenters. The maximum absolute atomic E-state index is 13.8. The first-order valence-electron chi connectivity index (χ1n) is 11.1. The number of hydrogen-bond acceptors (Lipinski definition) is 4. The van der Waals surface area contributed by atoms with Crippen LogP contribution in [0, 0.1) is 22.7 Å². The van der Waals surface area contributed by atoms with E-state index in [2.05, 4.69) is 12.2 Å². The number of rotatable bonds is 2. The van der Waals surface area contributed by atoms with Crippen molar-refractivity contribution in [2.45, 2.75) is 25.1 Å². The molecule has 2 saturated heterocycles. The van der Waals surface area contributed by atoms with Crippen molar-refractivity contribution in [2.75, 3.05) is 7.05 Å². The van der Waals surface area contributed by atoms with Crippen LogP contribution in [0.5, 0.6) is 0 Å². The number of nitrogens with zero attached hydrogens (tertiary/aromatic N) is 2. The molecule has 6 nitrogen and oxygen atoms in total. The molecule has 6 heteroatoms. The Morgan fingerprint density at radius 3 is 2.00 bits per heavy atom. The minimum atomic E-state index is -0.941. The monoisotopic (exact) mass is 426 g/mol. The lowest BCUT2D eigenvalue weighted by atomic mass is 9.52. The highest BCUT2D eigenvalue weighted by molar-refractivity contribution is 6.13. The van der Waals surface area contributed by atoms with Crippen LogP contribution >= 0.6 is 0 Å². The fourth-order valence-electron chi connectivity index (χ4n) is 7.79. The van der Waals surface area contributed by atoms with Crippen LogP contribution in [0.25, 0.3) is 0 Å². The molecule has 3 fully saturated rings. The van der Waals surface area contributed by atoms with E-state index in [1.807, 2.05) is 54.6 Å². The number of ether oxygens (including phenoxy) is 1. The second kappa shape index (κ2) is 5.68. The van der Waals surface area contributed by atoms with Gasteiger partial charge in [0.1, 0.15) is 6.61 Å². The Kier molecular flexibility index (Phi) is 3.23. The molecular formula is C26H22N2O4. The summed E-state index contributed by atoms with van der Waals surface area (Å²) >= 11 is 0. The van der Waals surface area contributed by atoms with Crippen LogP contribution in [-0.4, -0.2) is 34.8 Å². The quantitative estimate of drug-likeness (QED) is 0.544. The van der Waals surface area contributed by atoms with Crippen molar-refractivity contribution in [2.24, 2.45) is 22.7 Å². The zero-order valence-corrected chi connectivity index (χ0v) is 17.6. The maximum atomic E-state index is 13.8. The molecule has 7 rings (SSSR count). The molecule has 0 N–H and O–H groups in total. The minimum absolute atomic E-state index is 0.0540. The fourth-order valence-corrected chi connectivity index (χ4v) is 7.79. The Balaban J connectivity index is 1.39. The average molecular weight is 426 g/mol. The molecule has 0 radical (unpaired) electrons. The van der Waals surface area contributed by atoms with E-state index in [1.54, 1.807) is 11.9 Å². The highest BCUT2D eigenvalue weighted by atomic mass is 16.6. The van der Waals surface area contributed by atoms with Crippen LogP contribution in [0.1, 0.15) is 35.2 Å². The zero-order valence-electron chi connectivity index (χ0n) is 17.6. The Hall–Kier alpha value is -3.41. The van der Waals surface area contributed by atoms with E-state index >= 15 is 0 Å². The number of carbonyl (C=O) groups is 3. The van der Waals surface area contributed by atoms with Gasteiger partial charge in [-0.1, -0.05) is 66.7 Å². The number of hydrogen-bond donors (Lipinski definition) is 0. The van der Waals surface area contributed by atoms with Crippen molar-refractivity contribution < 1.29 is 19.1 Å². The summed E-state index contributed by atoms with van der Waals surface area (Å²) in [5.74, 6) is -0.409. The molecule has 3 heterocycles. The molecule has 2 aromatic rings. The van der Waals surface area contributed by atoms with Crippen molar-refractivity contribution in [1.82, 2.24) is 9.80 Å². The van der Waals surface area contributed by atoms with Gasteiger partial charge in [-0.2, -0.15) is 0 Å². The summed E-state index contributed by atoms with van der Waals surface area (Å²) in [4.78, 5) is 44.3. The second-order valence-corrected chi connectivity index (χ2v) is 9.62. The molecule has 6 atom stereocenters. The molecule has 3 aliphatic heterocycles. The van der Waals surface area contributed by atoms with E-state index < -0.39 is 29.0 Å². The van der Waals surface area contributed by atoms with Crippen molar-refractivity contribution in [3.63, 3.8) is 0 Å². The summed E-state index contributed by atoms with van der Waals surface area (Å²) in [5.41, 5.74) is 0.964. The number of fused-ring (bicyclic) bond motifs is 7.